The van der Waals surface area contributed by atoms with Crippen molar-refractivity contribution in [3.63, 3.8) is 0 Å². The van der Waals surface area contributed by atoms with Crippen LogP contribution < -0.4 is 10.1 Å². The highest BCUT2D eigenvalue weighted by molar-refractivity contribution is 6.99. The lowest BCUT2D eigenvalue weighted by Crippen LogP contribution is -2.44. The molecule has 1 saturated carbocycles. The molecule has 2 rings (SSSR count). The van der Waals surface area contributed by atoms with Crippen LogP contribution in [0.25, 0.3) is 0 Å². The van der Waals surface area contributed by atoms with Gasteiger partial charge >= 0.3 is 0 Å². The van der Waals surface area contributed by atoms with E-state index in [2.05, 4.69) is 27.9 Å². The predicted molar refractivity (Wildman–Crippen MR) is 75.4 cm³/mol. The van der Waals surface area contributed by atoms with Crippen molar-refractivity contribution in [3.05, 3.63) is 6.20 Å². The Kier molecular flexibility index (Phi) is 5.54. The SMILES string of the molecule is CC1CCCC(NCC(O)COc2cnsn2)C1C. The number of hydrogen-bond acceptors (Lipinski definition) is 6. The maximum Gasteiger partial charge on any atom is 0.245 e. The zero-order valence-electron chi connectivity index (χ0n) is 11.6. The summed E-state index contributed by atoms with van der Waals surface area (Å²) in [5.74, 6) is 1.93. The molecule has 6 heteroatoms. The highest BCUT2D eigenvalue weighted by Gasteiger charge is 2.26. The minimum atomic E-state index is -0.508. The fourth-order valence-electron chi connectivity index (χ4n) is 2.62. The van der Waals surface area contributed by atoms with Gasteiger partial charge in [0.25, 0.3) is 0 Å². The molecule has 2 N–H and O–H groups in total. The largest absolute Gasteiger partial charge is 0.473 e. The molecule has 0 aromatic carbocycles. The molecule has 1 aromatic heterocycles. The molecule has 0 amide bonds. The molecule has 1 heterocycles. The Morgan fingerprint density at radius 1 is 1.53 bits per heavy atom. The zero-order chi connectivity index (χ0) is 13.7. The number of aliphatic hydroxyl groups is 1. The van der Waals surface area contributed by atoms with Crippen LogP contribution in [0.4, 0.5) is 0 Å². The average molecular weight is 285 g/mol. The Balaban J connectivity index is 1.66. The number of nitrogens with zero attached hydrogens (tertiary/aromatic N) is 2. The Hall–Kier alpha value is -0.720. The van der Waals surface area contributed by atoms with Crippen molar-refractivity contribution in [1.82, 2.24) is 14.1 Å². The summed E-state index contributed by atoms with van der Waals surface area (Å²) < 4.78 is 13.1. The van der Waals surface area contributed by atoms with Crippen LogP contribution in [0, 0.1) is 11.8 Å². The lowest BCUT2D eigenvalue weighted by atomic mass is 9.78. The van der Waals surface area contributed by atoms with Crippen molar-refractivity contribution in [1.29, 1.82) is 0 Å². The quantitative estimate of drug-likeness (QED) is 0.832. The molecule has 0 bridgehead atoms. The second kappa shape index (κ2) is 7.17. The van der Waals surface area contributed by atoms with Crippen molar-refractivity contribution in [3.8, 4) is 5.88 Å². The lowest BCUT2D eigenvalue weighted by molar-refractivity contribution is 0.0930. The minimum absolute atomic E-state index is 0.259. The molecule has 4 unspecified atom stereocenters. The normalized spacial score (nSPS) is 29.1. The summed E-state index contributed by atoms with van der Waals surface area (Å²) in [6, 6.07) is 0.513. The summed E-state index contributed by atoms with van der Waals surface area (Å²) in [5, 5.41) is 13.4. The van der Waals surface area contributed by atoms with Crippen LogP contribution in [0.1, 0.15) is 33.1 Å². The van der Waals surface area contributed by atoms with Gasteiger partial charge in [-0.25, -0.2) is 0 Å². The highest BCUT2D eigenvalue weighted by atomic mass is 32.1. The van der Waals surface area contributed by atoms with Gasteiger partial charge in [0.2, 0.25) is 5.88 Å². The van der Waals surface area contributed by atoms with E-state index in [4.69, 9.17) is 4.74 Å². The van der Waals surface area contributed by atoms with Crippen molar-refractivity contribution in [2.45, 2.75) is 45.3 Å². The van der Waals surface area contributed by atoms with Crippen LogP contribution in [-0.4, -0.2) is 39.2 Å². The Morgan fingerprint density at radius 2 is 2.37 bits per heavy atom. The third-order valence-corrected chi connectivity index (χ3v) is 4.55. The molecular weight excluding hydrogens is 262 g/mol. The van der Waals surface area contributed by atoms with Gasteiger partial charge in [-0.15, -0.1) is 4.37 Å². The molecule has 0 spiro atoms. The van der Waals surface area contributed by atoms with Gasteiger partial charge in [0.15, 0.2) is 0 Å². The molecule has 0 aliphatic heterocycles. The molecule has 4 atom stereocenters. The summed E-state index contributed by atoms with van der Waals surface area (Å²) in [5.41, 5.74) is 0. The highest BCUT2D eigenvalue weighted by Crippen LogP contribution is 2.29. The minimum Gasteiger partial charge on any atom is -0.473 e. The molecule has 108 valence electrons. The molecule has 0 radical (unpaired) electrons. The predicted octanol–water partition coefficient (Wildman–Crippen LogP) is 1.69. The summed E-state index contributed by atoms with van der Waals surface area (Å²) in [6.45, 7) is 5.44. The van der Waals surface area contributed by atoms with E-state index in [1.165, 1.54) is 19.3 Å². The Labute approximate surface area is 118 Å². The van der Waals surface area contributed by atoms with Crippen LogP contribution in [0.3, 0.4) is 0 Å². The van der Waals surface area contributed by atoms with Crippen LogP contribution in [0.15, 0.2) is 6.20 Å². The second-order valence-corrected chi connectivity index (χ2v) is 6.05. The third-order valence-electron chi connectivity index (χ3n) is 4.09. The third kappa shape index (κ3) is 4.40. The van der Waals surface area contributed by atoms with E-state index < -0.39 is 6.10 Å². The van der Waals surface area contributed by atoms with Gasteiger partial charge in [-0.1, -0.05) is 26.7 Å². The number of aromatic nitrogens is 2. The molecule has 1 aliphatic carbocycles. The number of nitrogens with one attached hydrogen (secondary N) is 1. The van der Waals surface area contributed by atoms with E-state index in [-0.39, 0.29) is 6.61 Å². The number of aliphatic hydroxyl groups excluding tert-OH is 1. The number of rotatable bonds is 6. The van der Waals surface area contributed by atoms with Gasteiger partial charge in [-0.2, -0.15) is 4.37 Å². The Bertz CT molecular complexity index is 361. The molecule has 19 heavy (non-hydrogen) atoms. The van der Waals surface area contributed by atoms with Gasteiger partial charge in [0, 0.05) is 12.6 Å². The molecule has 1 fully saturated rings. The van der Waals surface area contributed by atoms with Crippen LogP contribution >= 0.6 is 11.7 Å². The van der Waals surface area contributed by atoms with Gasteiger partial charge < -0.3 is 15.2 Å². The van der Waals surface area contributed by atoms with Gasteiger partial charge in [-0.3, -0.25) is 0 Å². The molecule has 5 nitrogen and oxygen atoms in total. The smallest absolute Gasteiger partial charge is 0.245 e. The summed E-state index contributed by atoms with van der Waals surface area (Å²) in [4.78, 5) is 0. The van der Waals surface area contributed by atoms with Crippen LogP contribution in [-0.2, 0) is 0 Å². The standard InChI is InChI=1S/C13H23N3O2S/c1-9-4-3-5-12(10(9)2)14-6-11(17)8-18-13-7-15-19-16-13/h7,9-12,14,17H,3-6,8H2,1-2H3. The van der Waals surface area contributed by atoms with E-state index in [0.29, 0.717) is 24.4 Å². The van der Waals surface area contributed by atoms with Gasteiger partial charge in [-0.05, 0) is 18.3 Å². The van der Waals surface area contributed by atoms with Crippen LogP contribution in [0.5, 0.6) is 5.88 Å². The first-order chi connectivity index (χ1) is 9.16. The zero-order valence-corrected chi connectivity index (χ0v) is 12.4. The molecule has 1 aromatic rings. The fourth-order valence-corrected chi connectivity index (χ4v) is 2.98. The van der Waals surface area contributed by atoms with E-state index in [9.17, 15) is 5.11 Å². The maximum absolute atomic E-state index is 9.90. The van der Waals surface area contributed by atoms with Crippen molar-refractivity contribution in [2.75, 3.05) is 13.2 Å². The number of ether oxygens (including phenoxy) is 1. The molecular formula is C13H23N3O2S. The van der Waals surface area contributed by atoms with Crippen LogP contribution in [0.2, 0.25) is 0 Å². The van der Waals surface area contributed by atoms with E-state index in [1.54, 1.807) is 6.20 Å². The average Bonchev–Trinajstić information content (AvgIpc) is 2.91. The molecule has 1 aliphatic rings. The molecule has 0 saturated heterocycles. The summed E-state index contributed by atoms with van der Waals surface area (Å²) >= 11 is 1.11. The first-order valence-electron chi connectivity index (χ1n) is 6.98. The monoisotopic (exact) mass is 285 g/mol. The first kappa shape index (κ1) is 14.7. The first-order valence-corrected chi connectivity index (χ1v) is 7.71. The van der Waals surface area contributed by atoms with Crippen molar-refractivity contribution in [2.24, 2.45) is 11.8 Å². The number of hydrogen-bond donors (Lipinski definition) is 2. The van der Waals surface area contributed by atoms with Gasteiger partial charge in [0.1, 0.15) is 18.9 Å². The van der Waals surface area contributed by atoms with E-state index in [1.807, 2.05) is 0 Å². The van der Waals surface area contributed by atoms with Gasteiger partial charge in [0.05, 0.1) is 11.7 Å². The Morgan fingerprint density at radius 3 is 3.11 bits per heavy atom. The van der Waals surface area contributed by atoms with E-state index in [0.717, 1.165) is 17.6 Å². The van der Waals surface area contributed by atoms with E-state index >= 15 is 0 Å². The fraction of sp³-hybridized carbons (Fsp3) is 0.846. The lowest BCUT2D eigenvalue weighted by Gasteiger charge is -2.35. The topological polar surface area (TPSA) is 67.3 Å². The summed E-state index contributed by atoms with van der Waals surface area (Å²) in [7, 11) is 0. The summed E-state index contributed by atoms with van der Waals surface area (Å²) in [6.07, 6.45) is 4.86. The second-order valence-electron chi connectivity index (χ2n) is 5.49. The maximum atomic E-state index is 9.90. The van der Waals surface area contributed by atoms with Crippen molar-refractivity contribution >= 4 is 11.7 Å². The van der Waals surface area contributed by atoms with Crippen molar-refractivity contribution < 1.29 is 9.84 Å².